The van der Waals surface area contributed by atoms with Crippen molar-refractivity contribution in [2.45, 2.75) is 52.1 Å². The molecule has 2 heteroatoms. The molecule has 0 heterocycles. The van der Waals surface area contributed by atoms with Crippen LogP contribution in [0, 0.1) is 17.3 Å². The number of hydrogen-bond acceptors (Lipinski definition) is 2. The molecule has 0 spiro atoms. The number of carbonyl (C=O) groups is 1. The molecule has 1 N–H and O–H groups in total. The standard InChI is InChI=1S/C12H20O2/c1-8-11(14)4-3-9-7-10(13)5-6-12(8,9)2/h8-9,11,14H,3-7H2,1-2H3/t8-,9?,11-,12+/m0/s1. The number of aliphatic hydroxyl groups is 1. The molecule has 14 heavy (non-hydrogen) atoms. The van der Waals surface area contributed by atoms with E-state index in [2.05, 4.69) is 13.8 Å². The van der Waals surface area contributed by atoms with Crippen LogP contribution in [0.3, 0.4) is 0 Å². The highest BCUT2D eigenvalue weighted by Gasteiger charge is 2.48. The highest BCUT2D eigenvalue weighted by Crippen LogP contribution is 2.52. The highest BCUT2D eigenvalue weighted by atomic mass is 16.3. The van der Waals surface area contributed by atoms with Crippen LogP contribution in [0.5, 0.6) is 0 Å². The van der Waals surface area contributed by atoms with E-state index in [1.807, 2.05) is 0 Å². The van der Waals surface area contributed by atoms with Gasteiger partial charge in [0.15, 0.2) is 0 Å². The van der Waals surface area contributed by atoms with Gasteiger partial charge in [0.2, 0.25) is 0 Å². The van der Waals surface area contributed by atoms with Gasteiger partial charge in [-0.15, -0.1) is 0 Å². The van der Waals surface area contributed by atoms with Crippen LogP contribution < -0.4 is 0 Å². The van der Waals surface area contributed by atoms with Crippen molar-refractivity contribution in [3.05, 3.63) is 0 Å². The normalized spacial score (nSPS) is 48.8. The quantitative estimate of drug-likeness (QED) is 0.644. The molecule has 2 rings (SSSR count). The van der Waals surface area contributed by atoms with Crippen LogP contribution in [0.4, 0.5) is 0 Å². The molecule has 4 atom stereocenters. The first-order valence-corrected chi connectivity index (χ1v) is 5.74. The smallest absolute Gasteiger partial charge is 0.133 e. The topological polar surface area (TPSA) is 37.3 Å². The molecule has 2 aliphatic rings. The Morgan fingerprint density at radius 2 is 2.14 bits per heavy atom. The van der Waals surface area contributed by atoms with E-state index in [1.54, 1.807) is 0 Å². The number of aliphatic hydroxyl groups excluding tert-OH is 1. The molecule has 0 radical (unpaired) electrons. The lowest BCUT2D eigenvalue weighted by atomic mass is 9.55. The lowest BCUT2D eigenvalue weighted by Gasteiger charge is -2.50. The zero-order valence-corrected chi connectivity index (χ0v) is 9.12. The average molecular weight is 196 g/mol. The lowest BCUT2D eigenvalue weighted by molar-refractivity contribution is -0.132. The Kier molecular flexibility index (Phi) is 2.42. The highest BCUT2D eigenvalue weighted by molar-refractivity contribution is 5.79. The van der Waals surface area contributed by atoms with E-state index < -0.39 is 0 Å². The second kappa shape index (κ2) is 3.34. The minimum atomic E-state index is -0.149. The Morgan fingerprint density at radius 3 is 2.86 bits per heavy atom. The van der Waals surface area contributed by atoms with Gasteiger partial charge in [-0.1, -0.05) is 13.8 Å². The molecule has 2 aliphatic carbocycles. The van der Waals surface area contributed by atoms with Gasteiger partial charge in [-0.3, -0.25) is 4.79 Å². The van der Waals surface area contributed by atoms with Gasteiger partial charge in [0.1, 0.15) is 5.78 Å². The first kappa shape index (κ1) is 10.2. The predicted octanol–water partition coefficient (Wildman–Crippen LogP) is 2.15. The van der Waals surface area contributed by atoms with Crippen LogP contribution in [-0.2, 0) is 4.79 Å². The summed E-state index contributed by atoms with van der Waals surface area (Å²) in [5.74, 6) is 1.31. The molecular formula is C12H20O2. The molecule has 0 aromatic heterocycles. The number of Topliss-reactive ketones (excluding diaryl/α,β-unsaturated/α-hetero) is 1. The summed E-state index contributed by atoms with van der Waals surface area (Å²) in [6.45, 7) is 4.41. The Hall–Kier alpha value is -0.370. The van der Waals surface area contributed by atoms with Crippen molar-refractivity contribution in [1.82, 2.24) is 0 Å². The first-order chi connectivity index (χ1) is 6.54. The van der Waals surface area contributed by atoms with E-state index in [1.165, 1.54) is 0 Å². The fourth-order valence-electron chi connectivity index (χ4n) is 3.32. The van der Waals surface area contributed by atoms with Crippen molar-refractivity contribution in [2.75, 3.05) is 0 Å². The second-order valence-corrected chi connectivity index (χ2v) is 5.38. The van der Waals surface area contributed by atoms with Gasteiger partial charge in [0.05, 0.1) is 6.10 Å². The van der Waals surface area contributed by atoms with Crippen LogP contribution in [0.2, 0.25) is 0 Å². The van der Waals surface area contributed by atoms with Gasteiger partial charge in [-0.2, -0.15) is 0 Å². The van der Waals surface area contributed by atoms with Crippen LogP contribution >= 0.6 is 0 Å². The monoisotopic (exact) mass is 196 g/mol. The Labute approximate surface area is 85.7 Å². The molecule has 1 unspecified atom stereocenters. The van der Waals surface area contributed by atoms with Gasteiger partial charge >= 0.3 is 0 Å². The van der Waals surface area contributed by atoms with Crippen LogP contribution in [0.25, 0.3) is 0 Å². The van der Waals surface area contributed by atoms with E-state index in [0.29, 0.717) is 17.6 Å². The second-order valence-electron chi connectivity index (χ2n) is 5.38. The van der Waals surface area contributed by atoms with Crippen molar-refractivity contribution in [2.24, 2.45) is 17.3 Å². The van der Waals surface area contributed by atoms with Crippen molar-refractivity contribution in [3.8, 4) is 0 Å². The van der Waals surface area contributed by atoms with E-state index in [-0.39, 0.29) is 11.5 Å². The van der Waals surface area contributed by atoms with Crippen LogP contribution in [-0.4, -0.2) is 17.0 Å². The maximum absolute atomic E-state index is 11.4. The zero-order chi connectivity index (χ0) is 10.3. The molecular weight excluding hydrogens is 176 g/mol. The fourth-order valence-corrected chi connectivity index (χ4v) is 3.32. The lowest BCUT2D eigenvalue weighted by Crippen LogP contribution is -2.47. The van der Waals surface area contributed by atoms with Crippen molar-refractivity contribution < 1.29 is 9.90 Å². The van der Waals surface area contributed by atoms with E-state index in [4.69, 9.17) is 0 Å². The molecule has 80 valence electrons. The molecule has 0 amide bonds. The van der Waals surface area contributed by atoms with Crippen molar-refractivity contribution in [3.63, 3.8) is 0 Å². The third-order valence-electron chi connectivity index (χ3n) is 4.78. The molecule has 2 nitrogen and oxygen atoms in total. The van der Waals surface area contributed by atoms with Gasteiger partial charge in [-0.05, 0) is 36.5 Å². The predicted molar refractivity (Wildman–Crippen MR) is 54.9 cm³/mol. The fraction of sp³-hybridized carbons (Fsp3) is 0.917. The number of carbonyl (C=O) groups excluding carboxylic acids is 1. The summed E-state index contributed by atoms with van der Waals surface area (Å²) in [5, 5.41) is 9.86. The maximum atomic E-state index is 11.4. The Morgan fingerprint density at radius 1 is 1.43 bits per heavy atom. The van der Waals surface area contributed by atoms with Gasteiger partial charge in [-0.25, -0.2) is 0 Å². The van der Waals surface area contributed by atoms with E-state index in [0.717, 1.165) is 32.1 Å². The summed E-state index contributed by atoms with van der Waals surface area (Å²) in [6, 6.07) is 0. The summed E-state index contributed by atoms with van der Waals surface area (Å²) in [6.07, 6.45) is 4.24. The number of fused-ring (bicyclic) bond motifs is 1. The maximum Gasteiger partial charge on any atom is 0.133 e. The Bertz CT molecular complexity index is 249. The molecule has 0 aromatic carbocycles. The summed E-state index contributed by atoms with van der Waals surface area (Å²) in [4.78, 5) is 11.4. The number of rotatable bonds is 0. The van der Waals surface area contributed by atoms with Gasteiger partial charge in [0.25, 0.3) is 0 Å². The van der Waals surface area contributed by atoms with Crippen molar-refractivity contribution >= 4 is 5.78 Å². The van der Waals surface area contributed by atoms with Crippen LogP contribution in [0.15, 0.2) is 0 Å². The molecule has 2 saturated carbocycles. The molecule has 2 fully saturated rings. The first-order valence-electron chi connectivity index (χ1n) is 5.74. The minimum absolute atomic E-state index is 0.149. The third-order valence-corrected chi connectivity index (χ3v) is 4.78. The molecule has 0 aromatic rings. The average Bonchev–Trinajstić information content (AvgIpc) is 2.16. The molecule has 0 bridgehead atoms. The Balaban J connectivity index is 2.20. The van der Waals surface area contributed by atoms with E-state index in [9.17, 15) is 9.90 Å². The summed E-state index contributed by atoms with van der Waals surface area (Å²) in [7, 11) is 0. The molecule has 0 saturated heterocycles. The SMILES string of the molecule is C[C@H]1[C@@H](O)CCC2CC(=O)CC[C@@]21C. The number of ketones is 1. The van der Waals surface area contributed by atoms with Crippen molar-refractivity contribution in [1.29, 1.82) is 0 Å². The largest absolute Gasteiger partial charge is 0.393 e. The van der Waals surface area contributed by atoms with E-state index >= 15 is 0 Å². The minimum Gasteiger partial charge on any atom is -0.393 e. The summed E-state index contributed by atoms with van der Waals surface area (Å²) in [5.41, 5.74) is 0.214. The van der Waals surface area contributed by atoms with Gasteiger partial charge < -0.3 is 5.11 Å². The van der Waals surface area contributed by atoms with Gasteiger partial charge in [0, 0.05) is 12.8 Å². The summed E-state index contributed by atoms with van der Waals surface area (Å²) >= 11 is 0. The third kappa shape index (κ3) is 1.40. The molecule has 0 aliphatic heterocycles. The number of hydrogen-bond donors (Lipinski definition) is 1. The zero-order valence-electron chi connectivity index (χ0n) is 9.12. The summed E-state index contributed by atoms with van der Waals surface area (Å²) < 4.78 is 0. The van der Waals surface area contributed by atoms with Crippen LogP contribution in [0.1, 0.15) is 46.0 Å².